The molecule has 0 fully saturated rings. The van der Waals surface area contributed by atoms with Gasteiger partial charge in [-0.05, 0) is 64.2 Å². The molecule has 0 saturated heterocycles. The fourth-order valence-corrected chi connectivity index (χ4v) is 8.55. The Labute approximate surface area is 398 Å². The smallest absolute Gasteiger partial charge is 0.305 e. The van der Waals surface area contributed by atoms with E-state index >= 15 is 0 Å². The van der Waals surface area contributed by atoms with E-state index in [1.165, 1.54) is 205 Å². The number of aliphatic hydroxyl groups is 2. The molecule has 3 N–H and O–H groups in total. The SMILES string of the molecule is CCCCC/C=C\C/C=C\CCCCCCCCCCCC(=O)OCCCCCCCCCCCCCCC(=O)NC(CO)C(O)/C=C/CCCCCCCCCCCCCCCC. The minimum absolute atomic E-state index is 0.0146. The van der Waals surface area contributed by atoms with Crippen LogP contribution in [0.3, 0.4) is 0 Å². The predicted octanol–water partition coefficient (Wildman–Crippen LogP) is 17.2. The van der Waals surface area contributed by atoms with Crippen molar-refractivity contribution in [1.82, 2.24) is 5.32 Å². The van der Waals surface area contributed by atoms with Crippen LogP contribution < -0.4 is 5.32 Å². The summed E-state index contributed by atoms with van der Waals surface area (Å²) in [4.78, 5) is 24.5. The van der Waals surface area contributed by atoms with E-state index in [9.17, 15) is 19.8 Å². The summed E-state index contributed by atoms with van der Waals surface area (Å²) in [5.74, 6) is -0.0976. The summed E-state index contributed by atoms with van der Waals surface area (Å²) in [6.45, 7) is 4.85. The number of ether oxygens (including phenoxy) is 1. The first-order chi connectivity index (χ1) is 31.5. The predicted molar refractivity (Wildman–Crippen MR) is 278 cm³/mol. The van der Waals surface area contributed by atoms with Crippen molar-refractivity contribution < 1.29 is 24.5 Å². The second-order valence-electron chi connectivity index (χ2n) is 19.3. The van der Waals surface area contributed by atoms with E-state index in [1.807, 2.05) is 6.08 Å². The largest absolute Gasteiger partial charge is 0.466 e. The first-order valence-electron chi connectivity index (χ1n) is 28.3. The molecule has 0 aromatic heterocycles. The van der Waals surface area contributed by atoms with E-state index in [2.05, 4.69) is 43.5 Å². The summed E-state index contributed by atoms with van der Waals surface area (Å²) in [5.41, 5.74) is 0. The highest BCUT2D eigenvalue weighted by Gasteiger charge is 2.18. The van der Waals surface area contributed by atoms with Gasteiger partial charge in [-0.1, -0.05) is 256 Å². The van der Waals surface area contributed by atoms with Gasteiger partial charge in [0.15, 0.2) is 0 Å². The van der Waals surface area contributed by atoms with Gasteiger partial charge in [-0.2, -0.15) is 0 Å². The summed E-state index contributed by atoms with van der Waals surface area (Å²) >= 11 is 0. The van der Waals surface area contributed by atoms with Gasteiger partial charge in [0.1, 0.15) is 0 Å². The Kier molecular flexibility index (Phi) is 52.1. The number of rotatable bonds is 52. The third kappa shape index (κ3) is 49.5. The van der Waals surface area contributed by atoms with Crippen molar-refractivity contribution >= 4 is 11.9 Å². The van der Waals surface area contributed by atoms with Gasteiger partial charge in [0, 0.05) is 12.8 Å². The van der Waals surface area contributed by atoms with Crippen LogP contribution in [0.15, 0.2) is 36.5 Å². The van der Waals surface area contributed by atoms with Crippen molar-refractivity contribution in [2.45, 2.75) is 309 Å². The number of amides is 1. The molecule has 376 valence electrons. The van der Waals surface area contributed by atoms with Gasteiger partial charge in [0.2, 0.25) is 5.91 Å². The highest BCUT2D eigenvalue weighted by atomic mass is 16.5. The standard InChI is InChI=1S/C58H109NO5/c1-3-5-7-9-11-13-15-17-19-21-22-23-25-27-32-36-40-44-48-52-58(63)64-53-49-45-41-37-33-29-28-31-35-39-43-47-51-57(62)59-55(54-60)56(61)50-46-42-38-34-30-26-24-20-18-16-14-12-10-8-6-4-2/h11,13,17,19,46,50,55-56,60-61H,3-10,12,14-16,18,20-45,47-49,51-54H2,1-2H3,(H,59,62)/b13-11-,19-17-,50-46+. The Morgan fingerprint density at radius 3 is 1.22 bits per heavy atom. The van der Waals surface area contributed by atoms with Crippen LogP contribution in [0.4, 0.5) is 0 Å². The number of carbonyl (C=O) groups is 2. The number of aliphatic hydroxyl groups excluding tert-OH is 2. The van der Waals surface area contributed by atoms with Gasteiger partial charge in [-0.25, -0.2) is 0 Å². The number of unbranched alkanes of at least 4 members (excludes halogenated alkanes) is 37. The molecule has 6 nitrogen and oxygen atoms in total. The fourth-order valence-electron chi connectivity index (χ4n) is 8.55. The average molecular weight is 901 g/mol. The maximum absolute atomic E-state index is 12.5. The topological polar surface area (TPSA) is 95.9 Å². The average Bonchev–Trinajstić information content (AvgIpc) is 3.29. The van der Waals surface area contributed by atoms with Crippen molar-refractivity contribution in [3.8, 4) is 0 Å². The highest BCUT2D eigenvalue weighted by Crippen LogP contribution is 2.16. The molecule has 0 rings (SSSR count). The van der Waals surface area contributed by atoms with Gasteiger partial charge in [0.25, 0.3) is 0 Å². The molecule has 0 saturated carbocycles. The maximum Gasteiger partial charge on any atom is 0.305 e. The third-order valence-electron chi connectivity index (χ3n) is 12.9. The van der Waals surface area contributed by atoms with Crippen molar-refractivity contribution in [1.29, 1.82) is 0 Å². The molecule has 64 heavy (non-hydrogen) atoms. The van der Waals surface area contributed by atoms with Crippen LogP contribution in [0, 0.1) is 0 Å². The maximum atomic E-state index is 12.5. The van der Waals surface area contributed by atoms with Gasteiger partial charge in [-0.3, -0.25) is 9.59 Å². The number of hydrogen-bond acceptors (Lipinski definition) is 5. The lowest BCUT2D eigenvalue weighted by Crippen LogP contribution is -2.45. The Balaban J connectivity index is 3.48. The Hall–Kier alpha value is -1.92. The molecule has 0 aliphatic rings. The van der Waals surface area contributed by atoms with Crippen molar-refractivity contribution in [2.75, 3.05) is 13.2 Å². The molecule has 0 heterocycles. The monoisotopic (exact) mass is 900 g/mol. The van der Waals surface area contributed by atoms with E-state index in [0.29, 0.717) is 19.4 Å². The highest BCUT2D eigenvalue weighted by molar-refractivity contribution is 5.76. The van der Waals surface area contributed by atoms with Gasteiger partial charge < -0.3 is 20.3 Å². The zero-order chi connectivity index (χ0) is 46.5. The first-order valence-corrected chi connectivity index (χ1v) is 28.3. The van der Waals surface area contributed by atoms with Crippen LogP contribution in [0.1, 0.15) is 296 Å². The van der Waals surface area contributed by atoms with Crippen LogP contribution in [0.5, 0.6) is 0 Å². The van der Waals surface area contributed by atoms with Crippen LogP contribution in [-0.2, 0) is 14.3 Å². The van der Waals surface area contributed by atoms with Crippen LogP contribution in [0.25, 0.3) is 0 Å². The minimum atomic E-state index is -0.855. The first kappa shape index (κ1) is 62.1. The van der Waals surface area contributed by atoms with Gasteiger partial charge in [0.05, 0.1) is 25.4 Å². The van der Waals surface area contributed by atoms with E-state index in [1.54, 1.807) is 6.08 Å². The molecule has 0 spiro atoms. The Morgan fingerprint density at radius 1 is 0.438 bits per heavy atom. The summed E-state index contributed by atoms with van der Waals surface area (Å²) in [6.07, 6.45) is 65.8. The normalized spacial score (nSPS) is 12.9. The van der Waals surface area contributed by atoms with Crippen LogP contribution >= 0.6 is 0 Å². The number of allylic oxidation sites excluding steroid dienone is 5. The minimum Gasteiger partial charge on any atom is -0.466 e. The quantitative estimate of drug-likeness (QED) is 0.0321. The van der Waals surface area contributed by atoms with Gasteiger partial charge >= 0.3 is 5.97 Å². The van der Waals surface area contributed by atoms with E-state index in [0.717, 1.165) is 64.2 Å². The molecule has 0 aromatic carbocycles. The Bertz CT molecular complexity index is 1040. The van der Waals surface area contributed by atoms with Crippen LogP contribution in [0.2, 0.25) is 0 Å². The summed E-state index contributed by atoms with van der Waals surface area (Å²) in [5, 5.41) is 23.1. The number of carbonyl (C=O) groups excluding carboxylic acids is 2. The summed E-state index contributed by atoms with van der Waals surface area (Å²) in [6, 6.07) is -0.640. The molecular formula is C58H109NO5. The lowest BCUT2D eigenvalue weighted by atomic mass is 10.0. The zero-order valence-electron chi connectivity index (χ0n) is 42.8. The lowest BCUT2D eigenvalue weighted by Gasteiger charge is -2.20. The molecule has 2 unspecified atom stereocenters. The molecule has 0 radical (unpaired) electrons. The molecule has 0 aromatic rings. The second kappa shape index (κ2) is 53.7. The fraction of sp³-hybridized carbons (Fsp3) is 0.862. The molecule has 6 heteroatoms. The van der Waals surface area contributed by atoms with Crippen LogP contribution in [-0.4, -0.2) is 47.4 Å². The number of esters is 1. The number of hydrogen-bond donors (Lipinski definition) is 3. The Morgan fingerprint density at radius 2 is 0.781 bits per heavy atom. The third-order valence-corrected chi connectivity index (χ3v) is 12.9. The van der Waals surface area contributed by atoms with E-state index in [4.69, 9.17) is 4.74 Å². The molecule has 1 amide bonds. The molecule has 0 bridgehead atoms. The van der Waals surface area contributed by atoms with Crippen molar-refractivity contribution in [3.63, 3.8) is 0 Å². The zero-order valence-corrected chi connectivity index (χ0v) is 42.8. The van der Waals surface area contributed by atoms with Crippen molar-refractivity contribution in [2.24, 2.45) is 0 Å². The summed E-state index contributed by atoms with van der Waals surface area (Å²) < 4.78 is 5.48. The molecule has 0 aliphatic carbocycles. The molecular weight excluding hydrogens is 791 g/mol. The van der Waals surface area contributed by atoms with Crippen molar-refractivity contribution in [3.05, 3.63) is 36.5 Å². The lowest BCUT2D eigenvalue weighted by molar-refractivity contribution is -0.143. The summed E-state index contributed by atoms with van der Waals surface area (Å²) in [7, 11) is 0. The van der Waals surface area contributed by atoms with E-state index in [-0.39, 0.29) is 18.5 Å². The number of nitrogens with one attached hydrogen (secondary N) is 1. The van der Waals surface area contributed by atoms with Gasteiger partial charge in [-0.15, -0.1) is 0 Å². The molecule has 2 atom stereocenters. The molecule has 0 aliphatic heterocycles. The second-order valence-corrected chi connectivity index (χ2v) is 19.3. The van der Waals surface area contributed by atoms with E-state index < -0.39 is 12.1 Å².